The molecular weight excluding hydrogens is 328 g/mol. The predicted molar refractivity (Wildman–Crippen MR) is 93.4 cm³/mol. The average Bonchev–Trinajstić information content (AvgIpc) is 3.08. The summed E-state index contributed by atoms with van der Waals surface area (Å²) in [7, 11) is 1.35. The molecule has 130 valence electrons. The third-order valence-electron chi connectivity index (χ3n) is 4.73. The van der Waals surface area contributed by atoms with Gasteiger partial charge in [0.25, 0.3) is 0 Å². The molecule has 6 heteroatoms. The van der Waals surface area contributed by atoms with Crippen LogP contribution in [0.4, 0.5) is 0 Å². The van der Waals surface area contributed by atoms with Crippen molar-refractivity contribution in [2.24, 2.45) is 5.92 Å². The van der Waals surface area contributed by atoms with Crippen LogP contribution >= 0.6 is 0 Å². The molecule has 3 rings (SSSR count). The predicted octanol–water partition coefficient (Wildman–Crippen LogP) is 2.28. The molecule has 0 amide bonds. The molecule has 1 aromatic carbocycles. The van der Waals surface area contributed by atoms with Gasteiger partial charge in [-0.2, -0.15) is 10.5 Å². The van der Waals surface area contributed by atoms with Crippen molar-refractivity contribution in [3.05, 3.63) is 65.5 Å². The summed E-state index contributed by atoms with van der Waals surface area (Å²) in [6, 6.07) is 16.9. The van der Waals surface area contributed by atoms with Crippen LogP contribution in [0, 0.1) is 28.6 Å². The number of nitriles is 2. The van der Waals surface area contributed by atoms with Gasteiger partial charge < -0.3 is 4.74 Å². The summed E-state index contributed by atoms with van der Waals surface area (Å²) in [5.41, 5.74) is 1.07. The zero-order valence-corrected chi connectivity index (χ0v) is 14.3. The maximum Gasteiger partial charge on any atom is 0.326 e. The van der Waals surface area contributed by atoms with Crippen LogP contribution in [0.1, 0.15) is 29.3 Å². The average molecular weight is 346 g/mol. The van der Waals surface area contributed by atoms with E-state index in [-0.39, 0.29) is 0 Å². The van der Waals surface area contributed by atoms with Crippen molar-refractivity contribution in [1.82, 2.24) is 10.3 Å². The number of hydrogen-bond acceptors (Lipinski definition) is 6. The zero-order valence-electron chi connectivity index (χ0n) is 14.3. The highest BCUT2D eigenvalue weighted by Crippen LogP contribution is 2.39. The standard InChI is InChI=1S/C20H18N4O2/c1-26-19(25)20(9-14-5-3-2-4-6-14)10-16(12-22)18(24-20)17-8-7-15(11-21)13-23-17/h2-8,13,16,18,24H,9-10H2,1H3/t16-,18-,20+/m0/s1. The van der Waals surface area contributed by atoms with Crippen molar-refractivity contribution in [3.63, 3.8) is 0 Å². The van der Waals surface area contributed by atoms with E-state index >= 15 is 0 Å². The number of methoxy groups -OCH3 is 1. The highest BCUT2D eigenvalue weighted by molar-refractivity contribution is 5.82. The molecule has 0 radical (unpaired) electrons. The van der Waals surface area contributed by atoms with Crippen LogP contribution in [0.5, 0.6) is 0 Å². The van der Waals surface area contributed by atoms with E-state index in [1.807, 2.05) is 36.4 Å². The minimum atomic E-state index is -0.989. The number of carbonyl (C=O) groups excluding carboxylic acids is 1. The topological polar surface area (TPSA) is 98.8 Å². The van der Waals surface area contributed by atoms with Crippen LogP contribution in [-0.2, 0) is 16.0 Å². The molecule has 3 atom stereocenters. The Balaban J connectivity index is 1.95. The first-order valence-corrected chi connectivity index (χ1v) is 8.27. The molecule has 2 heterocycles. The summed E-state index contributed by atoms with van der Waals surface area (Å²) in [6.07, 6.45) is 2.23. The van der Waals surface area contributed by atoms with Crippen molar-refractivity contribution in [3.8, 4) is 12.1 Å². The highest BCUT2D eigenvalue weighted by Gasteiger charge is 2.51. The van der Waals surface area contributed by atoms with Crippen molar-refractivity contribution in [2.75, 3.05) is 7.11 Å². The second-order valence-corrected chi connectivity index (χ2v) is 6.38. The number of benzene rings is 1. The Bertz CT molecular complexity index is 867. The number of pyridine rings is 1. The lowest BCUT2D eigenvalue weighted by atomic mass is 9.86. The molecule has 1 fully saturated rings. The van der Waals surface area contributed by atoms with E-state index in [1.165, 1.54) is 13.3 Å². The Hall–Kier alpha value is -3.22. The molecule has 0 bridgehead atoms. The van der Waals surface area contributed by atoms with Gasteiger partial charge in [0.15, 0.2) is 0 Å². The summed E-state index contributed by atoms with van der Waals surface area (Å²) in [6.45, 7) is 0. The lowest BCUT2D eigenvalue weighted by Crippen LogP contribution is -2.50. The quantitative estimate of drug-likeness (QED) is 0.853. The molecule has 1 aliphatic heterocycles. The zero-order chi connectivity index (χ0) is 18.6. The van der Waals surface area contributed by atoms with Crippen molar-refractivity contribution in [1.29, 1.82) is 10.5 Å². The van der Waals surface area contributed by atoms with E-state index in [0.717, 1.165) is 5.56 Å². The van der Waals surface area contributed by atoms with Crippen LogP contribution < -0.4 is 5.32 Å². The molecule has 0 saturated carbocycles. The van der Waals surface area contributed by atoms with Gasteiger partial charge in [-0.15, -0.1) is 0 Å². The SMILES string of the molecule is COC(=O)[C@@]1(Cc2ccccc2)C[C@@H](C#N)[C@@H](c2ccc(C#N)cn2)N1. The van der Waals surface area contributed by atoms with Crippen LogP contribution in [-0.4, -0.2) is 23.6 Å². The molecule has 0 spiro atoms. The van der Waals surface area contributed by atoms with Gasteiger partial charge in [-0.3, -0.25) is 15.1 Å². The summed E-state index contributed by atoms with van der Waals surface area (Å²) in [4.78, 5) is 16.9. The van der Waals surface area contributed by atoms with Gasteiger partial charge in [0, 0.05) is 12.6 Å². The molecular formula is C20H18N4O2. The maximum atomic E-state index is 12.6. The minimum absolute atomic E-state index is 0.331. The highest BCUT2D eigenvalue weighted by atomic mass is 16.5. The first-order valence-electron chi connectivity index (χ1n) is 8.27. The van der Waals surface area contributed by atoms with Crippen LogP contribution in [0.2, 0.25) is 0 Å². The van der Waals surface area contributed by atoms with E-state index in [4.69, 9.17) is 10.00 Å². The van der Waals surface area contributed by atoms with E-state index in [1.54, 1.807) is 12.1 Å². The van der Waals surface area contributed by atoms with E-state index in [9.17, 15) is 10.1 Å². The molecule has 0 aliphatic carbocycles. The smallest absolute Gasteiger partial charge is 0.326 e. The van der Waals surface area contributed by atoms with Crippen LogP contribution in [0.3, 0.4) is 0 Å². The monoisotopic (exact) mass is 346 g/mol. The van der Waals surface area contributed by atoms with Gasteiger partial charge in [-0.25, -0.2) is 0 Å². The number of esters is 1. The van der Waals surface area contributed by atoms with Gasteiger partial charge in [-0.1, -0.05) is 30.3 Å². The first-order chi connectivity index (χ1) is 12.6. The lowest BCUT2D eigenvalue weighted by molar-refractivity contribution is -0.148. The molecule has 1 aromatic heterocycles. The Morgan fingerprint density at radius 3 is 2.65 bits per heavy atom. The van der Waals surface area contributed by atoms with Gasteiger partial charge >= 0.3 is 5.97 Å². The van der Waals surface area contributed by atoms with E-state index < -0.39 is 23.5 Å². The molecule has 1 aliphatic rings. The van der Waals surface area contributed by atoms with Gasteiger partial charge in [-0.05, 0) is 24.1 Å². The van der Waals surface area contributed by atoms with Crippen molar-refractivity contribution < 1.29 is 9.53 Å². The molecule has 1 N–H and O–H groups in total. The summed E-state index contributed by atoms with van der Waals surface area (Å²) < 4.78 is 5.05. The van der Waals surface area contributed by atoms with Gasteiger partial charge in [0.05, 0.1) is 36.4 Å². The number of carbonyl (C=O) groups is 1. The molecule has 1 saturated heterocycles. The van der Waals surface area contributed by atoms with Crippen molar-refractivity contribution >= 4 is 5.97 Å². The Labute approximate surface area is 152 Å². The van der Waals surface area contributed by atoms with Gasteiger partial charge in [0.2, 0.25) is 0 Å². The van der Waals surface area contributed by atoms with Crippen LogP contribution in [0.15, 0.2) is 48.7 Å². The number of nitrogens with one attached hydrogen (secondary N) is 1. The normalized spacial score (nSPS) is 24.4. The van der Waals surface area contributed by atoms with E-state index in [0.29, 0.717) is 24.1 Å². The second kappa shape index (κ2) is 7.35. The Kier molecular flexibility index (Phi) is 4.97. The maximum absolute atomic E-state index is 12.6. The number of aromatic nitrogens is 1. The number of ether oxygens (including phenoxy) is 1. The van der Waals surface area contributed by atoms with Crippen LogP contribution in [0.25, 0.3) is 0 Å². The third-order valence-corrected chi connectivity index (χ3v) is 4.73. The van der Waals surface area contributed by atoms with Gasteiger partial charge in [0.1, 0.15) is 11.6 Å². The summed E-state index contributed by atoms with van der Waals surface area (Å²) in [5, 5.41) is 21.9. The Morgan fingerprint density at radius 2 is 2.08 bits per heavy atom. The molecule has 2 aromatic rings. The number of nitrogens with zero attached hydrogens (tertiary/aromatic N) is 3. The number of rotatable bonds is 4. The number of hydrogen-bond donors (Lipinski definition) is 1. The summed E-state index contributed by atoms with van der Waals surface area (Å²) in [5.74, 6) is -0.823. The summed E-state index contributed by atoms with van der Waals surface area (Å²) >= 11 is 0. The fourth-order valence-corrected chi connectivity index (χ4v) is 3.48. The van der Waals surface area contributed by atoms with E-state index in [2.05, 4.69) is 16.4 Å². The fourth-order valence-electron chi connectivity index (χ4n) is 3.48. The minimum Gasteiger partial charge on any atom is -0.468 e. The Morgan fingerprint density at radius 1 is 1.31 bits per heavy atom. The molecule has 6 nitrogen and oxygen atoms in total. The molecule has 0 unspecified atom stereocenters. The first kappa shape index (κ1) is 17.6. The second-order valence-electron chi connectivity index (χ2n) is 6.38. The fraction of sp³-hybridized carbons (Fsp3) is 0.300. The molecule has 26 heavy (non-hydrogen) atoms. The third kappa shape index (κ3) is 3.28. The van der Waals surface area contributed by atoms with Crippen molar-refractivity contribution in [2.45, 2.75) is 24.4 Å². The lowest BCUT2D eigenvalue weighted by Gasteiger charge is -2.27. The largest absolute Gasteiger partial charge is 0.468 e.